The zero-order chi connectivity index (χ0) is 45.1. The van der Waals surface area contributed by atoms with Crippen molar-refractivity contribution in [3.8, 4) is 45.5 Å². The number of aromatic nitrogens is 8. The Morgan fingerprint density at radius 1 is 0.682 bits per heavy atom. The number of hydrogen-bond acceptors (Lipinski definition) is 11. The van der Waals surface area contributed by atoms with Crippen molar-refractivity contribution in [1.82, 2.24) is 48.9 Å². The highest BCUT2D eigenvalue weighted by Crippen LogP contribution is 2.36. The van der Waals surface area contributed by atoms with E-state index in [9.17, 15) is 15.0 Å². The summed E-state index contributed by atoms with van der Waals surface area (Å²) in [5.74, 6) is 2.98. The van der Waals surface area contributed by atoms with Crippen LogP contribution in [-0.4, -0.2) is 86.9 Å². The lowest BCUT2D eigenvalue weighted by Crippen LogP contribution is -2.41. The number of nitrogens with two attached hydrogens (primary N) is 1. The van der Waals surface area contributed by atoms with E-state index in [1.54, 1.807) is 15.8 Å². The molecule has 0 bridgehead atoms. The number of rotatable bonds is 12. The molecular weight excluding hydrogens is 833 g/mol. The van der Waals surface area contributed by atoms with Crippen molar-refractivity contribution in [2.24, 2.45) is 0 Å². The summed E-state index contributed by atoms with van der Waals surface area (Å²) >= 11 is 0. The molecule has 2 amide bonds. The van der Waals surface area contributed by atoms with Gasteiger partial charge in [0.15, 0.2) is 11.3 Å². The van der Waals surface area contributed by atoms with Gasteiger partial charge in [-0.2, -0.15) is 10.2 Å². The third-order valence-electron chi connectivity index (χ3n) is 12.4. The standard InChI is InChI=1S/C50H48N12O4/c1-2-41(63)58-26-9-11-35(29-58)62-50-44(46(57-62)34-19-23-40(24-20-34)66-38-15-7-4-8-16-38)48(52)60(32-55-50)28-25-42(64)59-27-10-12-36(30-59)61-49-43(47(51)53-31-54-49)45(56-61)33-17-21-39(22-18-33)65-37-13-5-3-6-14-37/h2-8,13-24,31-32,35-36,52H,1,9-12,25-30H2,(H2,51,53,54)/t35-,36-/m1/s1. The predicted molar refractivity (Wildman–Crippen MR) is 250 cm³/mol. The van der Waals surface area contributed by atoms with Gasteiger partial charge in [-0.05, 0) is 105 Å². The van der Waals surface area contributed by atoms with Crippen molar-refractivity contribution in [2.45, 2.75) is 50.7 Å². The third kappa shape index (κ3) is 8.35. The van der Waals surface area contributed by atoms with Crippen LogP contribution in [0.25, 0.3) is 44.6 Å². The Morgan fingerprint density at radius 3 is 1.77 bits per heavy atom. The van der Waals surface area contributed by atoms with E-state index in [1.165, 1.54) is 12.4 Å². The second-order valence-corrected chi connectivity index (χ2v) is 16.6. The molecule has 6 heterocycles. The van der Waals surface area contributed by atoms with Crippen molar-refractivity contribution < 1.29 is 19.1 Å². The number of aryl methyl sites for hydroxylation is 1. The van der Waals surface area contributed by atoms with E-state index in [0.717, 1.165) is 48.3 Å². The van der Waals surface area contributed by atoms with Crippen LogP contribution in [0.3, 0.4) is 0 Å². The third-order valence-corrected chi connectivity index (χ3v) is 12.4. The molecule has 0 saturated carbocycles. The molecule has 332 valence electrons. The largest absolute Gasteiger partial charge is 0.457 e. The Kier molecular flexibility index (Phi) is 11.5. The van der Waals surface area contributed by atoms with Crippen LogP contribution in [0.1, 0.15) is 44.2 Å². The zero-order valence-corrected chi connectivity index (χ0v) is 36.2. The van der Waals surface area contributed by atoms with Gasteiger partial charge in [0, 0.05) is 50.3 Å². The number of carbonyl (C=O) groups is 2. The van der Waals surface area contributed by atoms with E-state index in [1.807, 2.05) is 123 Å². The number of hydrogen-bond donors (Lipinski definition) is 2. The van der Waals surface area contributed by atoms with Gasteiger partial charge < -0.3 is 29.6 Å². The fraction of sp³-hybridized carbons (Fsp3) is 0.240. The second-order valence-electron chi connectivity index (χ2n) is 16.6. The summed E-state index contributed by atoms with van der Waals surface area (Å²) in [5.41, 5.74) is 10.7. The van der Waals surface area contributed by atoms with Crippen molar-refractivity contribution in [1.29, 1.82) is 5.41 Å². The molecular formula is C50H48N12O4. The number of nitrogen functional groups attached to an aromatic ring is 1. The van der Waals surface area contributed by atoms with Gasteiger partial charge in [0.05, 0.1) is 29.2 Å². The lowest BCUT2D eigenvalue weighted by Gasteiger charge is -2.33. The lowest BCUT2D eigenvalue weighted by molar-refractivity contribution is -0.133. The number of amides is 2. The molecule has 16 heteroatoms. The highest BCUT2D eigenvalue weighted by molar-refractivity contribution is 5.98. The number of nitrogens with one attached hydrogen (secondary N) is 1. The normalized spacial score (nSPS) is 16.4. The monoisotopic (exact) mass is 880 g/mol. The molecule has 10 rings (SSSR count). The van der Waals surface area contributed by atoms with E-state index in [2.05, 4.69) is 16.5 Å². The lowest BCUT2D eigenvalue weighted by atomic mass is 10.1. The summed E-state index contributed by atoms with van der Waals surface area (Å²) in [6, 6.07) is 34.2. The van der Waals surface area contributed by atoms with Gasteiger partial charge in [-0.3, -0.25) is 15.0 Å². The van der Waals surface area contributed by atoms with Crippen molar-refractivity contribution in [3.63, 3.8) is 0 Å². The number of para-hydroxylation sites is 2. The Hall–Kier alpha value is -8.14. The fourth-order valence-electron chi connectivity index (χ4n) is 9.02. The molecule has 0 unspecified atom stereocenters. The first-order valence-electron chi connectivity index (χ1n) is 22.2. The van der Waals surface area contributed by atoms with E-state index < -0.39 is 0 Å². The first-order valence-corrected chi connectivity index (χ1v) is 22.2. The fourth-order valence-corrected chi connectivity index (χ4v) is 9.02. The highest BCUT2D eigenvalue weighted by atomic mass is 16.5. The minimum Gasteiger partial charge on any atom is -0.457 e. The van der Waals surface area contributed by atoms with Crippen LogP contribution < -0.4 is 20.7 Å². The maximum atomic E-state index is 14.1. The van der Waals surface area contributed by atoms with Gasteiger partial charge in [-0.15, -0.1) is 0 Å². The SMILES string of the molecule is C=CC(=O)N1CCC[C@@H](n2nc(-c3ccc(Oc4ccccc4)cc3)c3c(=N)n(CCC(=O)N4CCC[C@@H](n5nc(-c6ccc(Oc7ccccc7)cc6)c6c(N)ncnc65)C4)cnc32)C1. The van der Waals surface area contributed by atoms with Crippen LogP contribution in [0.2, 0.25) is 0 Å². The number of piperidine rings is 2. The minimum atomic E-state index is -0.151. The van der Waals surface area contributed by atoms with Crippen LogP contribution in [0.15, 0.2) is 135 Å². The summed E-state index contributed by atoms with van der Waals surface area (Å²) in [6.07, 6.45) is 7.73. The van der Waals surface area contributed by atoms with Gasteiger partial charge in [-0.25, -0.2) is 24.3 Å². The number of ether oxygens (including phenoxy) is 2. The number of carbonyl (C=O) groups excluding carboxylic acids is 2. The summed E-state index contributed by atoms with van der Waals surface area (Å²) < 4.78 is 17.5. The van der Waals surface area contributed by atoms with Crippen LogP contribution in [0, 0.1) is 5.41 Å². The summed E-state index contributed by atoms with van der Waals surface area (Å²) in [7, 11) is 0. The maximum Gasteiger partial charge on any atom is 0.246 e. The van der Waals surface area contributed by atoms with Crippen LogP contribution in [-0.2, 0) is 16.1 Å². The molecule has 4 aromatic carbocycles. The Bertz CT molecular complexity index is 3110. The van der Waals surface area contributed by atoms with Crippen molar-refractivity contribution >= 4 is 39.7 Å². The molecule has 0 spiro atoms. The Morgan fingerprint density at radius 2 is 1.20 bits per heavy atom. The molecule has 4 aromatic heterocycles. The zero-order valence-electron chi connectivity index (χ0n) is 36.2. The average molecular weight is 881 g/mol. The predicted octanol–water partition coefficient (Wildman–Crippen LogP) is 7.96. The minimum absolute atomic E-state index is 0.0365. The number of anilines is 1. The average Bonchev–Trinajstić information content (AvgIpc) is 3.96. The van der Waals surface area contributed by atoms with E-state index in [-0.39, 0.29) is 42.4 Å². The van der Waals surface area contributed by atoms with E-state index >= 15 is 0 Å². The van der Waals surface area contributed by atoms with Gasteiger partial charge in [-0.1, -0.05) is 43.0 Å². The smallest absolute Gasteiger partial charge is 0.246 e. The van der Waals surface area contributed by atoms with Gasteiger partial charge in [0.2, 0.25) is 11.8 Å². The van der Waals surface area contributed by atoms with E-state index in [4.69, 9.17) is 30.4 Å². The van der Waals surface area contributed by atoms with Gasteiger partial charge in [0.25, 0.3) is 0 Å². The van der Waals surface area contributed by atoms with Crippen LogP contribution in [0.4, 0.5) is 5.82 Å². The molecule has 2 aliphatic heterocycles. The number of nitrogens with zero attached hydrogens (tertiary/aromatic N) is 10. The maximum absolute atomic E-state index is 14.1. The van der Waals surface area contributed by atoms with Crippen LogP contribution >= 0.6 is 0 Å². The quantitative estimate of drug-likeness (QED) is 0.114. The summed E-state index contributed by atoms with van der Waals surface area (Å²) in [4.78, 5) is 44.2. The van der Waals surface area contributed by atoms with E-state index in [0.29, 0.717) is 77.0 Å². The number of likely N-dealkylation sites (tertiary alicyclic amines) is 2. The highest BCUT2D eigenvalue weighted by Gasteiger charge is 2.30. The van der Waals surface area contributed by atoms with Crippen molar-refractivity contribution in [3.05, 3.63) is 140 Å². The molecule has 2 saturated heterocycles. The molecule has 2 atom stereocenters. The number of fused-ring (bicyclic) bond motifs is 2. The number of benzene rings is 4. The molecule has 0 radical (unpaired) electrons. The molecule has 3 N–H and O–H groups in total. The topological polar surface area (TPSA) is 188 Å². The molecule has 2 fully saturated rings. The Balaban J connectivity index is 0.892. The molecule has 66 heavy (non-hydrogen) atoms. The van der Waals surface area contributed by atoms with Gasteiger partial charge >= 0.3 is 0 Å². The summed E-state index contributed by atoms with van der Waals surface area (Å²) in [5, 5.41) is 20.9. The molecule has 2 aliphatic rings. The van der Waals surface area contributed by atoms with Crippen LogP contribution in [0.5, 0.6) is 23.0 Å². The first kappa shape index (κ1) is 41.8. The first-order chi connectivity index (χ1) is 32.3. The molecule has 0 aliphatic carbocycles. The summed E-state index contributed by atoms with van der Waals surface area (Å²) in [6.45, 7) is 6.06. The molecule has 8 aromatic rings. The van der Waals surface area contributed by atoms with Crippen molar-refractivity contribution in [2.75, 3.05) is 31.9 Å². The van der Waals surface area contributed by atoms with Gasteiger partial charge in [0.1, 0.15) is 52.0 Å². The second kappa shape index (κ2) is 18.2. The Labute approximate surface area is 380 Å². The molecule has 16 nitrogen and oxygen atoms in total.